The summed E-state index contributed by atoms with van der Waals surface area (Å²) in [6.45, 7) is 0. The molecule has 0 aromatic heterocycles. The summed E-state index contributed by atoms with van der Waals surface area (Å²) in [6.07, 6.45) is -3.22. The summed E-state index contributed by atoms with van der Waals surface area (Å²) >= 11 is 0. The predicted molar refractivity (Wildman–Crippen MR) is 66.3 cm³/mol. The van der Waals surface area contributed by atoms with Crippen molar-refractivity contribution < 1.29 is 17.9 Å². The zero-order chi connectivity index (χ0) is 13.9. The third-order valence-corrected chi connectivity index (χ3v) is 2.49. The number of benzene rings is 2. The molecule has 2 aromatic carbocycles. The molecule has 0 spiro atoms. The SMILES string of the molecule is [O-]/[N+](=C\c1ccccc1)c1cccc(C(F)(F)F)c1. The fourth-order valence-electron chi connectivity index (χ4n) is 1.57. The van der Waals surface area contributed by atoms with Crippen LogP contribution in [0.1, 0.15) is 11.1 Å². The molecule has 2 rings (SSSR count). The van der Waals surface area contributed by atoms with Crippen LogP contribution in [0, 0.1) is 5.21 Å². The van der Waals surface area contributed by atoms with E-state index in [0.29, 0.717) is 10.3 Å². The fraction of sp³-hybridized carbons (Fsp3) is 0.0714. The van der Waals surface area contributed by atoms with Crippen molar-refractivity contribution in [1.29, 1.82) is 0 Å². The van der Waals surface area contributed by atoms with Gasteiger partial charge in [-0.25, -0.2) is 0 Å². The van der Waals surface area contributed by atoms with Crippen LogP contribution in [-0.4, -0.2) is 11.0 Å². The van der Waals surface area contributed by atoms with Crippen LogP contribution in [0.15, 0.2) is 54.6 Å². The van der Waals surface area contributed by atoms with Crippen LogP contribution in [0.2, 0.25) is 0 Å². The zero-order valence-electron chi connectivity index (χ0n) is 9.76. The summed E-state index contributed by atoms with van der Waals surface area (Å²) in [6, 6.07) is 13.0. The minimum absolute atomic E-state index is 0.0568. The van der Waals surface area contributed by atoms with Crippen LogP contribution in [0.3, 0.4) is 0 Å². The Bertz CT molecular complexity index is 591. The lowest BCUT2D eigenvalue weighted by Crippen LogP contribution is -2.06. The van der Waals surface area contributed by atoms with Gasteiger partial charge in [-0.1, -0.05) is 24.3 Å². The van der Waals surface area contributed by atoms with Crippen molar-refractivity contribution in [2.75, 3.05) is 0 Å². The molecule has 0 unspecified atom stereocenters. The van der Waals surface area contributed by atoms with Gasteiger partial charge >= 0.3 is 6.18 Å². The molecular weight excluding hydrogens is 255 g/mol. The van der Waals surface area contributed by atoms with E-state index in [9.17, 15) is 18.4 Å². The van der Waals surface area contributed by atoms with Gasteiger partial charge in [0.2, 0.25) is 5.69 Å². The van der Waals surface area contributed by atoms with Crippen molar-refractivity contribution in [3.63, 3.8) is 0 Å². The first-order chi connectivity index (χ1) is 8.97. The van der Waals surface area contributed by atoms with Crippen molar-refractivity contribution in [2.24, 2.45) is 0 Å². The van der Waals surface area contributed by atoms with Crippen molar-refractivity contribution in [2.45, 2.75) is 6.18 Å². The van der Waals surface area contributed by atoms with Gasteiger partial charge in [-0.3, -0.25) is 0 Å². The Balaban J connectivity index is 2.35. The van der Waals surface area contributed by atoms with Crippen LogP contribution >= 0.6 is 0 Å². The predicted octanol–water partition coefficient (Wildman–Crippen LogP) is 3.97. The Morgan fingerprint density at radius 2 is 1.63 bits per heavy atom. The van der Waals surface area contributed by atoms with Crippen LogP contribution < -0.4 is 0 Å². The normalized spacial score (nSPS) is 12.5. The van der Waals surface area contributed by atoms with E-state index < -0.39 is 11.7 Å². The van der Waals surface area contributed by atoms with Gasteiger partial charge in [0.25, 0.3) is 0 Å². The molecule has 0 amide bonds. The Labute approximate surface area is 108 Å². The third kappa shape index (κ3) is 3.34. The van der Waals surface area contributed by atoms with E-state index >= 15 is 0 Å². The van der Waals surface area contributed by atoms with Gasteiger partial charge in [0.05, 0.1) is 5.56 Å². The highest BCUT2D eigenvalue weighted by molar-refractivity contribution is 5.76. The van der Waals surface area contributed by atoms with Crippen LogP contribution in [0.25, 0.3) is 0 Å². The summed E-state index contributed by atoms with van der Waals surface area (Å²) in [5.41, 5.74) is -0.277. The summed E-state index contributed by atoms with van der Waals surface area (Å²) in [5, 5.41) is 11.8. The first-order valence-electron chi connectivity index (χ1n) is 5.50. The lowest BCUT2D eigenvalue weighted by molar-refractivity contribution is -0.354. The molecule has 98 valence electrons. The second-order valence-corrected chi connectivity index (χ2v) is 3.91. The molecule has 2 aromatic rings. The summed E-state index contributed by atoms with van der Waals surface area (Å²) < 4.78 is 38.0. The van der Waals surface area contributed by atoms with Gasteiger partial charge in [0.15, 0.2) is 6.21 Å². The number of halogens is 3. The molecule has 0 atom stereocenters. The van der Waals surface area contributed by atoms with Crippen molar-refractivity contribution in [3.05, 3.63) is 70.9 Å². The van der Waals surface area contributed by atoms with Gasteiger partial charge in [0, 0.05) is 17.7 Å². The minimum atomic E-state index is -4.45. The minimum Gasteiger partial charge on any atom is -0.618 e. The van der Waals surface area contributed by atoms with Crippen LogP contribution in [0.5, 0.6) is 0 Å². The molecule has 2 nitrogen and oxygen atoms in total. The van der Waals surface area contributed by atoms with Crippen molar-refractivity contribution >= 4 is 11.9 Å². The average molecular weight is 265 g/mol. The van der Waals surface area contributed by atoms with Gasteiger partial charge in [0.1, 0.15) is 0 Å². The van der Waals surface area contributed by atoms with E-state index in [1.165, 1.54) is 18.3 Å². The fourth-order valence-corrected chi connectivity index (χ4v) is 1.57. The van der Waals surface area contributed by atoms with E-state index in [1.54, 1.807) is 30.3 Å². The average Bonchev–Trinajstić information content (AvgIpc) is 2.39. The Morgan fingerprint density at radius 1 is 0.947 bits per heavy atom. The number of nitrogens with zero attached hydrogens (tertiary/aromatic N) is 1. The maximum absolute atomic E-state index is 12.5. The lowest BCUT2D eigenvalue weighted by atomic mass is 10.2. The monoisotopic (exact) mass is 265 g/mol. The highest BCUT2D eigenvalue weighted by Crippen LogP contribution is 2.31. The summed E-state index contributed by atoms with van der Waals surface area (Å²) in [7, 11) is 0. The molecule has 0 N–H and O–H groups in total. The van der Waals surface area contributed by atoms with E-state index in [1.807, 2.05) is 0 Å². The molecule has 19 heavy (non-hydrogen) atoms. The molecule has 0 heterocycles. The van der Waals surface area contributed by atoms with E-state index in [0.717, 1.165) is 12.1 Å². The number of rotatable bonds is 2. The maximum atomic E-state index is 12.5. The molecule has 0 radical (unpaired) electrons. The molecule has 0 bridgehead atoms. The quantitative estimate of drug-likeness (QED) is 0.349. The van der Waals surface area contributed by atoms with Crippen molar-refractivity contribution in [3.8, 4) is 0 Å². The molecule has 5 heteroatoms. The smallest absolute Gasteiger partial charge is 0.416 e. The second-order valence-electron chi connectivity index (χ2n) is 3.91. The van der Waals surface area contributed by atoms with E-state index in [-0.39, 0.29) is 5.69 Å². The Morgan fingerprint density at radius 3 is 2.26 bits per heavy atom. The first-order valence-corrected chi connectivity index (χ1v) is 5.50. The molecule has 0 aliphatic carbocycles. The highest BCUT2D eigenvalue weighted by Gasteiger charge is 2.31. The Hall–Kier alpha value is -2.30. The first kappa shape index (κ1) is 13.1. The summed E-state index contributed by atoms with van der Waals surface area (Å²) in [5.74, 6) is 0. The molecule has 0 fully saturated rings. The largest absolute Gasteiger partial charge is 0.618 e. The van der Waals surface area contributed by atoms with Gasteiger partial charge < -0.3 is 5.21 Å². The van der Waals surface area contributed by atoms with Crippen LogP contribution in [-0.2, 0) is 6.18 Å². The molecular formula is C14H10F3NO. The lowest BCUT2D eigenvalue weighted by Gasteiger charge is -2.08. The highest BCUT2D eigenvalue weighted by atomic mass is 19.4. The molecule has 0 saturated carbocycles. The van der Waals surface area contributed by atoms with E-state index in [4.69, 9.17) is 0 Å². The standard InChI is InChI=1S/C14H10F3NO/c15-14(16,17)12-7-4-8-13(9-12)18(19)10-11-5-2-1-3-6-11/h1-10H/b18-10-. The van der Waals surface area contributed by atoms with Crippen LogP contribution in [0.4, 0.5) is 18.9 Å². The van der Waals surface area contributed by atoms with E-state index in [2.05, 4.69) is 0 Å². The van der Waals surface area contributed by atoms with Gasteiger partial charge in [-0.2, -0.15) is 17.9 Å². The van der Waals surface area contributed by atoms with Gasteiger partial charge in [-0.05, 0) is 18.2 Å². The van der Waals surface area contributed by atoms with Gasteiger partial charge in [-0.15, -0.1) is 0 Å². The topological polar surface area (TPSA) is 26.1 Å². The summed E-state index contributed by atoms with van der Waals surface area (Å²) in [4.78, 5) is 0. The molecule has 0 aliphatic rings. The zero-order valence-corrected chi connectivity index (χ0v) is 9.76. The molecule has 0 aliphatic heterocycles. The number of hydrogen-bond acceptors (Lipinski definition) is 1. The number of alkyl halides is 3. The maximum Gasteiger partial charge on any atom is 0.416 e. The second kappa shape index (κ2) is 5.14. The number of hydrogen-bond donors (Lipinski definition) is 0. The molecule has 0 saturated heterocycles. The van der Waals surface area contributed by atoms with Crippen molar-refractivity contribution in [1.82, 2.24) is 0 Å². The third-order valence-electron chi connectivity index (χ3n) is 2.49. The Kier molecular flexibility index (Phi) is 3.55.